The molecule has 0 aliphatic carbocycles. The van der Waals surface area contributed by atoms with Crippen LogP contribution in [0.4, 0.5) is 4.79 Å². The van der Waals surface area contributed by atoms with E-state index in [9.17, 15) is 4.79 Å². The summed E-state index contributed by atoms with van der Waals surface area (Å²) in [6, 6.07) is 21.6. The van der Waals surface area contributed by atoms with Crippen LogP contribution in [0, 0.1) is 0 Å². The number of nitrogens with zero attached hydrogens (tertiary/aromatic N) is 3. The molecule has 0 saturated carbocycles. The van der Waals surface area contributed by atoms with Crippen LogP contribution in [0.15, 0.2) is 72.9 Å². The maximum absolute atomic E-state index is 12.9. The van der Waals surface area contributed by atoms with Gasteiger partial charge in [-0.3, -0.25) is 4.98 Å². The molecule has 166 valence electrons. The lowest BCUT2D eigenvalue weighted by molar-refractivity contribution is -0.00737. The third-order valence-electron chi connectivity index (χ3n) is 5.64. The highest BCUT2D eigenvalue weighted by atomic mass is 16.5. The number of hydrogen-bond donors (Lipinski definition) is 1. The van der Waals surface area contributed by atoms with E-state index in [1.165, 1.54) is 5.56 Å². The summed E-state index contributed by atoms with van der Waals surface area (Å²) < 4.78 is 10.5. The molecule has 1 atom stereocenters. The number of benzene rings is 2. The fourth-order valence-electron chi connectivity index (χ4n) is 3.90. The van der Waals surface area contributed by atoms with Crippen molar-refractivity contribution in [2.45, 2.75) is 19.0 Å². The van der Waals surface area contributed by atoms with E-state index in [1.54, 1.807) is 20.4 Å². The third-order valence-corrected chi connectivity index (χ3v) is 5.64. The van der Waals surface area contributed by atoms with Gasteiger partial charge in [0.05, 0.1) is 32.5 Å². The van der Waals surface area contributed by atoms with E-state index in [2.05, 4.69) is 27.4 Å². The average molecular weight is 433 g/mol. The zero-order valence-electron chi connectivity index (χ0n) is 18.4. The van der Waals surface area contributed by atoms with Crippen molar-refractivity contribution in [3.63, 3.8) is 0 Å². The molecule has 3 aromatic rings. The van der Waals surface area contributed by atoms with Gasteiger partial charge in [-0.1, -0.05) is 30.3 Å². The van der Waals surface area contributed by atoms with Crippen LogP contribution in [0.5, 0.6) is 11.5 Å². The summed E-state index contributed by atoms with van der Waals surface area (Å²) >= 11 is 0. The zero-order valence-corrected chi connectivity index (χ0v) is 18.4. The molecule has 0 bridgehead atoms. The summed E-state index contributed by atoms with van der Waals surface area (Å²) in [4.78, 5) is 17.4. The molecule has 0 spiro atoms. The lowest BCUT2D eigenvalue weighted by Gasteiger charge is -2.35. The number of ether oxygens (including phenoxy) is 2. The molecule has 1 aromatic heterocycles. The molecule has 1 fully saturated rings. The van der Waals surface area contributed by atoms with Gasteiger partial charge in [-0.25, -0.2) is 14.8 Å². The molecular weight excluding hydrogens is 404 g/mol. The van der Waals surface area contributed by atoms with E-state index < -0.39 is 0 Å². The van der Waals surface area contributed by atoms with E-state index in [4.69, 9.17) is 9.47 Å². The number of hydrogen-bond acceptors (Lipinski definition) is 5. The molecule has 32 heavy (non-hydrogen) atoms. The fourth-order valence-corrected chi connectivity index (χ4v) is 3.90. The van der Waals surface area contributed by atoms with E-state index in [0.29, 0.717) is 19.6 Å². The standard InChI is InChI=1S/C25H28N4O3/c1-31-22-10-6-19(7-11-22)14-16-28(18-21-5-3-4-15-26-21)29-24(17-27-25(29)30)20-8-12-23(32-2)13-9-20/h3-13,15,24H,14,16-18H2,1-2H3,(H,27,30). The van der Waals surface area contributed by atoms with Gasteiger partial charge in [-0.05, 0) is 53.9 Å². The van der Waals surface area contributed by atoms with Crippen molar-refractivity contribution in [2.24, 2.45) is 0 Å². The van der Waals surface area contributed by atoms with E-state index >= 15 is 0 Å². The smallest absolute Gasteiger partial charge is 0.332 e. The molecule has 4 rings (SSSR count). The molecule has 0 radical (unpaired) electrons. The van der Waals surface area contributed by atoms with Crippen molar-refractivity contribution in [3.05, 3.63) is 89.7 Å². The van der Waals surface area contributed by atoms with Gasteiger partial charge in [0.1, 0.15) is 11.5 Å². The van der Waals surface area contributed by atoms with Gasteiger partial charge in [-0.2, -0.15) is 0 Å². The minimum atomic E-state index is -0.104. The molecule has 1 N–H and O–H groups in total. The maximum atomic E-state index is 12.9. The first-order valence-corrected chi connectivity index (χ1v) is 10.7. The van der Waals surface area contributed by atoms with Crippen molar-refractivity contribution in [1.29, 1.82) is 0 Å². The first-order valence-electron chi connectivity index (χ1n) is 10.7. The summed E-state index contributed by atoms with van der Waals surface area (Å²) in [5, 5.41) is 6.92. The van der Waals surface area contributed by atoms with Crippen molar-refractivity contribution in [2.75, 3.05) is 27.3 Å². The summed E-state index contributed by atoms with van der Waals surface area (Å²) in [6.45, 7) is 1.76. The van der Waals surface area contributed by atoms with Crippen LogP contribution in [-0.2, 0) is 13.0 Å². The predicted octanol–water partition coefficient (Wildman–Crippen LogP) is 3.83. The number of aromatic nitrogens is 1. The Morgan fingerprint density at radius 3 is 2.31 bits per heavy atom. The first-order chi connectivity index (χ1) is 15.7. The Balaban J connectivity index is 1.57. The molecule has 1 unspecified atom stereocenters. The van der Waals surface area contributed by atoms with Crippen LogP contribution in [0.1, 0.15) is 22.9 Å². The Morgan fingerprint density at radius 2 is 1.69 bits per heavy atom. The summed E-state index contributed by atoms with van der Waals surface area (Å²) in [7, 11) is 3.31. The predicted molar refractivity (Wildman–Crippen MR) is 122 cm³/mol. The zero-order chi connectivity index (χ0) is 22.3. The van der Waals surface area contributed by atoms with Gasteiger partial charge in [0.2, 0.25) is 0 Å². The van der Waals surface area contributed by atoms with E-state index in [0.717, 1.165) is 29.2 Å². The molecular formula is C25H28N4O3. The van der Waals surface area contributed by atoms with Crippen molar-refractivity contribution in [3.8, 4) is 11.5 Å². The summed E-state index contributed by atoms with van der Waals surface area (Å²) in [6.07, 6.45) is 2.57. The van der Waals surface area contributed by atoms with Crippen molar-refractivity contribution >= 4 is 6.03 Å². The second-order valence-electron chi connectivity index (χ2n) is 7.63. The van der Waals surface area contributed by atoms with Gasteiger partial charge >= 0.3 is 6.03 Å². The third kappa shape index (κ3) is 5.00. The molecule has 2 amide bonds. The molecule has 7 nitrogen and oxygen atoms in total. The number of hydrazine groups is 1. The van der Waals surface area contributed by atoms with E-state index in [1.807, 2.05) is 59.6 Å². The minimum Gasteiger partial charge on any atom is -0.497 e. The second-order valence-corrected chi connectivity index (χ2v) is 7.63. The van der Waals surface area contributed by atoms with Crippen LogP contribution in [0.3, 0.4) is 0 Å². The normalized spacial score (nSPS) is 15.7. The quantitative estimate of drug-likeness (QED) is 0.557. The first kappa shape index (κ1) is 21.6. The van der Waals surface area contributed by atoms with Crippen molar-refractivity contribution in [1.82, 2.24) is 20.3 Å². The number of rotatable bonds is 9. The van der Waals surface area contributed by atoms with Gasteiger partial charge in [-0.15, -0.1) is 0 Å². The van der Waals surface area contributed by atoms with Crippen LogP contribution in [0.25, 0.3) is 0 Å². The van der Waals surface area contributed by atoms with Crippen LogP contribution in [-0.4, -0.2) is 48.3 Å². The number of methoxy groups -OCH3 is 2. The summed E-state index contributed by atoms with van der Waals surface area (Å²) in [5.41, 5.74) is 3.15. The average Bonchev–Trinajstić information content (AvgIpc) is 3.24. The second kappa shape index (κ2) is 10.2. The highest BCUT2D eigenvalue weighted by molar-refractivity contribution is 5.76. The van der Waals surface area contributed by atoms with Crippen LogP contribution < -0.4 is 14.8 Å². The highest BCUT2D eigenvalue weighted by Gasteiger charge is 2.36. The number of carbonyl (C=O) groups excluding carboxylic acids is 1. The largest absolute Gasteiger partial charge is 0.497 e. The number of carbonyl (C=O) groups is 1. The van der Waals surface area contributed by atoms with Gasteiger partial charge in [0, 0.05) is 19.3 Å². The SMILES string of the molecule is COc1ccc(CCN(Cc2ccccn2)N2C(=O)NCC2c2ccc(OC)cc2)cc1. The number of amides is 2. The van der Waals surface area contributed by atoms with Gasteiger partial charge in [0.15, 0.2) is 0 Å². The number of pyridine rings is 1. The maximum Gasteiger partial charge on any atom is 0.332 e. The van der Waals surface area contributed by atoms with Gasteiger partial charge in [0.25, 0.3) is 0 Å². The lowest BCUT2D eigenvalue weighted by Crippen LogP contribution is -2.46. The van der Waals surface area contributed by atoms with E-state index in [-0.39, 0.29) is 12.1 Å². The Hall–Kier alpha value is -3.58. The minimum absolute atomic E-state index is 0.100. The summed E-state index contributed by atoms with van der Waals surface area (Å²) in [5.74, 6) is 1.63. The fraction of sp³-hybridized carbons (Fsp3) is 0.280. The monoisotopic (exact) mass is 432 g/mol. The lowest BCUT2D eigenvalue weighted by atomic mass is 10.1. The molecule has 1 aliphatic heterocycles. The molecule has 2 heterocycles. The molecule has 1 aliphatic rings. The number of nitrogens with one attached hydrogen (secondary N) is 1. The molecule has 7 heteroatoms. The van der Waals surface area contributed by atoms with Crippen LogP contribution in [0.2, 0.25) is 0 Å². The van der Waals surface area contributed by atoms with Crippen LogP contribution >= 0.6 is 0 Å². The van der Waals surface area contributed by atoms with Gasteiger partial charge < -0.3 is 14.8 Å². The Bertz CT molecular complexity index is 1010. The van der Waals surface area contributed by atoms with Crippen molar-refractivity contribution < 1.29 is 14.3 Å². The number of urea groups is 1. The Morgan fingerprint density at radius 1 is 1.00 bits per heavy atom. The molecule has 2 aromatic carbocycles. The Labute approximate surface area is 188 Å². The Kier molecular flexibility index (Phi) is 6.87. The molecule has 1 saturated heterocycles. The topological polar surface area (TPSA) is 66.9 Å². The highest BCUT2D eigenvalue weighted by Crippen LogP contribution is 2.29.